The average molecular weight is 591 g/mol. The molecule has 1 fully saturated rings. The van der Waals surface area contributed by atoms with Crippen molar-refractivity contribution >= 4 is 35.6 Å². The van der Waals surface area contributed by atoms with Gasteiger partial charge in [0.05, 0.1) is 6.04 Å². The zero-order valence-corrected chi connectivity index (χ0v) is 23.4. The Kier molecular flexibility index (Phi) is 13.3. The highest BCUT2D eigenvalue weighted by Gasteiger charge is 2.38. The van der Waals surface area contributed by atoms with Crippen molar-refractivity contribution in [1.82, 2.24) is 26.2 Å². The molecule has 1 aromatic carbocycles. The van der Waals surface area contributed by atoms with E-state index < -0.39 is 47.9 Å². The molecule has 42 heavy (non-hydrogen) atoms. The van der Waals surface area contributed by atoms with Crippen LogP contribution in [-0.4, -0.2) is 94.5 Å². The smallest absolute Gasteiger partial charge is 0.326 e. The molecule has 0 aliphatic carbocycles. The van der Waals surface area contributed by atoms with Crippen LogP contribution in [0.3, 0.4) is 0 Å². The lowest BCUT2D eigenvalue weighted by atomic mass is 10.0. The molecule has 1 heterocycles. The van der Waals surface area contributed by atoms with E-state index in [4.69, 9.17) is 28.0 Å². The van der Waals surface area contributed by atoms with Gasteiger partial charge in [-0.1, -0.05) is 12.1 Å². The van der Waals surface area contributed by atoms with E-state index in [1.54, 1.807) is 12.1 Å². The quantitative estimate of drug-likeness (QED) is 0.0559. The molecule has 0 bridgehead atoms. The first kappa shape index (κ1) is 33.6. The van der Waals surface area contributed by atoms with Crippen molar-refractivity contribution < 1.29 is 29.4 Å². The lowest BCUT2D eigenvalue weighted by molar-refractivity contribution is -0.143. The number of hydrogen-bond acceptors (Lipinski definition) is 8. The van der Waals surface area contributed by atoms with Crippen LogP contribution in [0.2, 0.25) is 0 Å². The Labute approximate surface area is 243 Å². The van der Waals surface area contributed by atoms with E-state index in [1.165, 1.54) is 17.0 Å². The van der Waals surface area contributed by atoms with Crippen LogP contribution in [0.5, 0.6) is 5.75 Å². The van der Waals surface area contributed by atoms with E-state index in [1.807, 2.05) is 0 Å². The number of rotatable bonds is 16. The lowest BCUT2D eigenvalue weighted by Gasteiger charge is -2.29. The average Bonchev–Trinajstić information content (AvgIpc) is 3.42. The number of carboxylic acid groups (broad SMARTS) is 1. The summed E-state index contributed by atoms with van der Waals surface area (Å²) in [4.78, 5) is 52.9. The number of carbonyl (C=O) groups excluding carboxylic acids is 3. The highest BCUT2D eigenvalue weighted by molar-refractivity contribution is 5.94. The van der Waals surface area contributed by atoms with Crippen LogP contribution in [0.1, 0.15) is 44.1 Å². The lowest BCUT2D eigenvalue weighted by Crippen LogP contribution is -2.57. The number of phenols is 1. The predicted octanol–water partition coefficient (Wildman–Crippen LogP) is -2.17. The van der Waals surface area contributed by atoms with Gasteiger partial charge in [0.2, 0.25) is 17.7 Å². The summed E-state index contributed by atoms with van der Waals surface area (Å²) in [6.45, 7) is 0.801. The fourth-order valence-corrected chi connectivity index (χ4v) is 4.61. The third kappa shape index (κ3) is 11.1. The summed E-state index contributed by atoms with van der Waals surface area (Å²) >= 11 is 0. The van der Waals surface area contributed by atoms with E-state index in [9.17, 15) is 29.4 Å². The van der Waals surface area contributed by atoms with Crippen molar-refractivity contribution in [2.45, 2.75) is 69.1 Å². The molecule has 1 aliphatic heterocycles. The molecule has 0 spiro atoms. The molecule has 4 atom stereocenters. The van der Waals surface area contributed by atoms with Gasteiger partial charge in [0.15, 0.2) is 11.9 Å². The molecule has 16 heteroatoms. The van der Waals surface area contributed by atoms with Gasteiger partial charge in [0, 0.05) is 19.6 Å². The zero-order valence-electron chi connectivity index (χ0n) is 23.4. The molecule has 1 saturated heterocycles. The number of aromatic hydroxyl groups is 1. The number of nitrogens with one attached hydrogen (secondary N) is 6. The number of nitrogens with zero attached hydrogens (tertiary/aromatic N) is 1. The Bertz CT molecular complexity index is 1120. The standard InChI is InChI=1S/C26H42N10O6/c27-17(14-15-7-9-16(37)10-8-15)23(40)36-13-3-6-20(36)22(39)34-18(4-1-11-32-25(28)29)21(38)35-19(24(41)42)5-2-12-33-26(30)31/h7-10,17-20,37H,1-6,11-14,27H2,(H,34,39)(H,35,38)(H,41,42)(H4,28,29,32)(H4,30,31,33)/t17-,18-,19-,20-/m0/s1. The minimum absolute atomic E-state index is 0.0533. The first-order valence-electron chi connectivity index (χ1n) is 13.7. The molecule has 2 rings (SSSR count). The summed E-state index contributed by atoms with van der Waals surface area (Å²) < 4.78 is 0. The summed E-state index contributed by atoms with van der Waals surface area (Å²) in [5, 5.41) is 43.9. The van der Waals surface area contributed by atoms with E-state index in [0.29, 0.717) is 32.2 Å². The van der Waals surface area contributed by atoms with E-state index in [0.717, 1.165) is 5.56 Å². The number of hydrogen-bond donors (Lipinski definition) is 11. The minimum Gasteiger partial charge on any atom is -0.508 e. The Morgan fingerprint density at radius 3 is 2.07 bits per heavy atom. The molecule has 1 aliphatic rings. The highest BCUT2D eigenvalue weighted by atomic mass is 16.4. The second-order valence-electron chi connectivity index (χ2n) is 10.1. The molecular weight excluding hydrogens is 548 g/mol. The van der Waals surface area contributed by atoms with Crippen molar-refractivity contribution in [3.63, 3.8) is 0 Å². The van der Waals surface area contributed by atoms with E-state index in [2.05, 4.69) is 21.3 Å². The number of benzene rings is 1. The maximum Gasteiger partial charge on any atom is 0.326 e. The molecule has 0 radical (unpaired) electrons. The molecule has 0 unspecified atom stereocenters. The molecule has 14 N–H and O–H groups in total. The third-order valence-electron chi connectivity index (χ3n) is 6.77. The van der Waals surface area contributed by atoms with E-state index in [-0.39, 0.29) is 50.0 Å². The maximum atomic E-state index is 13.3. The first-order chi connectivity index (χ1) is 19.9. The number of likely N-dealkylation sites (tertiary alicyclic amines) is 1. The van der Waals surface area contributed by atoms with E-state index >= 15 is 0 Å². The summed E-state index contributed by atoms with van der Waals surface area (Å²) in [7, 11) is 0. The monoisotopic (exact) mass is 590 g/mol. The topological polar surface area (TPSA) is 286 Å². The van der Waals surface area contributed by atoms with Crippen LogP contribution < -0.4 is 38.5 Å². The molecule has 0 saturated carbocycles. The van der Waals surface area contributed by atoms with Crippen molar-refractivity contribution in [1.29, 1.82) is 10.8 Å². The van der Waals surface area contributed by atoms with Crippen molar-refractivity contribution in [2.24, 2.45) is 17.2 Å². The van der Waals surface area contributed by atoms with Gasteiger partial charge >= 0.3 is 5.97 Å². The summed E-state index contributed by atoms with van der Waals surface area (Å²) in [5.74, 6) is -3.37. The minimum atomic E-state index is -1.26. The largest absolute Gasteiger partial charge is 0.508 e. The second kappa shape index (κ2) is 16.6. The van der Waals surface area contributed by atoms with Gasteiger partial charge in [-0.2, -0.15) is 0 Å². The van der Waals surface area contributed by atoms with Crippen molar-refractivity contribution in [3.8, 4) is 5.75 Å². The van der Waals surface area contributed by atoms with Gasteiger partial charge in [-0.05, 0) is 62.6 Å². The zero-order chi connectivity index (χ0) is 31.2. The van der Waals surface area contributed by atoms with Gasteiger partial charge < -0.3 is 53.6 Å². The molecule has 16 nitrogen and oxygen atoms in total. The molecular formula is C26H42N10O6. The van der Waals surface area contributed by atoms with Crippen LogP contribution in [0.15, 0.2) is 24.3 Å². The fraction of sp³-hybridized carbons (Fsp3) is 0.538. The normalized spacial score (nSPS) is 16.5. The Morgan fingerprint density at radius 1 is 0.952 bits per heavy atom. The Balaban J connectivity index is 2.08. The summed E-state index contributed by atoms with van der Waals surface area (Å²) in [5.41, 5.74) is 17.4. The number of carboxylic acids is 1. The maximum absolute atomic E-state index is 13.3. The second-order valence-corrected chi connectivity index (χ2v) is 10.1. The van der Waals surface area contributed by atoms with Crippen LogP contribution in [0.4, 0.5) is 0 Å². The first-order valence-corrected chi connectivity index (χ1v) is 13.7. The van der Waals surface area contributed by atoms with Gasteiger partial charge in [-0.15, -0.1) is 0 Å². The SMILES string of the molecule is N=C(N)NCCC[C@H](NC(=O)[C@H](CCCNC(=N)N)NC(=O)[C@@H]1CCCN1C(=O)[C@@H](N)Cc1ccc(O)cc1)C(=O)O. The van der Waals surface area contributed by atoms with Gasteiger partial charge in [-0.25, -0.2) is 4.79 Å². The van der Waals surface area contributed by atoms with Crippen LogP contribution in [0.25, 0.3) is 0 Å². The number of aliphatic carboxylic acids is 1. The summed E-state index contributed by atoms with van der Waals surface area (Å²) in [6.07, 6.45) is 1.92. The van der Waals surface area contributed by atoms with Crippen molar-refractivity contribution in [3.05, 3.63) is 29.8 Å². The number of phenolic OH excluding ortho intramolecular Hbond substituents is 1. The Hall–Kier alpha value is -4.60. The highest BCUT2D eigenvalue weighted by Crippen LogP contribution is 2.20. The molecule has 0 aromatic heterocycles. The number of amides is 3. The van der Waals surface area contributed by atoms with Crippen LogP contribution in [-0.2, 0) is 25.6 Å². The van der Waals surface area contributed by atoms with Crippen molar-refractivity contribution in [2.75, 3.05) is 19.6 Å². The Morgan fingerprint density at radius 2 is 1.52 bits per heavy atom. The number of nitrogens with two attached hydrogens (primary N) is 3. The van der Waals surface area contributed by atoms with Gasteiger partial charge in [0.1, 0.15) is 23.9 Å². The molecule has 232 valence electrons. The number of carbonyl (C=O) groups is 4. The molecule has 3 amide bonds. The van der Waals surface area contributed by atoms with Gasteiger partial charge in [0.25, 0.3) is 0 Å². The van der Waals surface area contributed by atoms with Gasteiger partial charge in [-0.3, -0.25) is 25.2 Å². The van der Waals surface area contributed by atoms with Crippen LogP contribution in [0, 0.1) is 10.8 Å². The fourth-order valence-electron chi connectivity index (χ4n) is 4.61. The number of guanidine groups is 2. The van der Waals surface area contributed by atoms with Crippen LogP contribution >= 0.6 is 0 Å². The summed E-state index contributed by atoms with van der Waals surface area (Å²) in [6, 6.07) is 2.16. The predicted molar refractivity (Wildman–Crippen MR) is 154 cm³/mol. The third-order valence-corrected chi connectivity index (χ3v) is 6.77. The molecule has 1 aromatic rings.